The van der Waals surface area contributed by atoms with Crippen molar-refractivity contribution >= 4 is 23.1 Å². The van der Waals surface area contributed by atoms with E-state index in [1.54, 1.807) is 6.92 Å². The third kappa shape index (κ3) is 2.89. The van der Waals surface area contributed by atoms with E-state index in [9.17, 15) is 4.79 Å². The van der Waals surface area contributed by atoms with Crippen LogP contribution < -0.4 is 10.8 Å². The molecular weight excluding hydrogens is 176 g/mol. The van der Waals surface area contributed by atoms with Gasteiger partial charge in [-0.05, 0) is 18.4 Å². The van der Waals surface area contributed by atoms with Gasteiger partial charge in [-0.3, -0.25) is 4.84 Å². The Kier molecular flexibility index (Phi) is 3.56. The van der Waals surface area contributed by atoms with Crippen LogP contribution in [0.15, 0.2) is 16.8 Å². The predicted molar refractivity (Wildman–Crippen MR) is 48.1 cm³/mol. The highest BCUT2D eigenvalue weighted by atomic mass is 32.1. The van der Waals surface area contributed by atoms with Crippen molar-refractivity contribution in [3.05, 3.63) is 16.8 Å². The van der Waals surface area contributed by atoms with Gasteiger partial charge < -0.3 is 5.32 Å². The van der Waals surface area contributed by atoms with E-state index in [1.807, 2.05) is 16.8 Å². The summed E-state index contributed by atoms with van der Waals surface area (Å²) in [6.07, 6.45) is 0. The number of carbonyl (C=O) groups excluding carboxylic acids is 1. The smallest absolute Gasteiger partial charge is 0.305 e. The number of thiophene rings is 1. The second kappa shape index (κ2) is 4.74. The lowest BCUT2D eigenvalue weighted by atomic mass is 10.5. The second-order valence-electron chi connectivity index (χ2n) is 2.00. The minimum absolute atomic E-state index is 0.352. The molecule has 0 atom stereocenters. The normalized spacial score (nSPS) is 9.42. The Morgan fingerprint density at radius 2 is 2.58 bits per heavy atom. The number of rotatable bonds is 3. The SMILES string of the molecule is CCONC(=O)Nc1ccsc1. The fraction of sp³-hybridized carbons (Fsp3) is 0.286. The number of carbonyl (C=O) groups is 1. The van der Waals surface area contributed by atoms with Crippen LogP contribution in [0.25, 0.3) is 0 Å². The van der Waals surface area contributed by atoms with Crippen molar-refractivity contribution in [2.24, 2.45) is 0 Å². The summed E-state index contributed by atoms with van der Waals surface area (Å²) in [5, 5.41) is 6.32. The maximum Gasteiger partial charge on any atom is 0.343 e. The average molecular weight is 186 g/mol. The molecule has 5 heteroatoms. The lowest BCUT2D eigenvalue weighted by Crippen LogP contribution is -2.28. The van der Waals surface area contributed by atoms with E-state index in [0.717, 1.165) is 5.69 Å². The predicted octanol–water partition coefficient (Wildman–Crippen LogP) is 1.82. The van der Waals surface area contributed by atoms with E-state index < -0.39 is 0 Å². The number of hydrogen-bond donors (Lipinski definition) is 2. The minimum atomic E-state index is -0.352. The van der Waals surface area contributed by atoms with Crippen molar-refractivity contribution < 1.29 is 9.63 Å². The molecule has 2 amide bonds. The van der Waals surface area contributed by atoms with Gasteiger partial charge in [-0.1, -0.05) is 0 Å². The first kappa shape index (κ1) is 9.02. The van der Waals surface area contributed by atoms with Crippen molar-refractivity contribution in [3.63, 3.8) is 0 Å². The van der Waals surface area contributed by atoms with Crippen molar-refractivity contribution in [3.8, 4) is 0 Å². The van der Waals surface area contributed by atoms with Gasteiger partial charge in [0.1, 0.15) is 0 Å². The van der Waals surface area contributed by atoms with Gasteiger partial charge in [0.2, 0.25) is 0 Å². The molecule has 0 saturated heterocycles. The molecule has 0 spiro atoms. The highest BCUT2D eigenvalue weighted by Crippen LogP contribution is 2.10. The molecule has 4 nitrogen and oxygen atoms in total. The van der Waals surface area contributed by atoms with Crippen LogP contribution >= 0.6 is 11.3 Å². The first-order valence-electron chi connectivity index (χ1n) is 3.54. The van der Waals surface area contributed by atoms with E-state index in [0.29, 0.717) is 6.61 Å². The molecule has 1 aromatic rings. The average Bonchev–Trinajstić information content (AvgIpc) is 2.53. The summed E-state index contributed by atoms with van der Waals surface area (Å²) in [5.74, 6) is 0. The first-order valence-corrected chi connectivity index (χ1v) is 4.48. The Hall–Kier alpha value is -1.07. The van der Waals surface area contributed by atoms with Crippen LogP contribution in [0.4, 0.5) is 10.5 Å². The van der Waals surface area contributed by atoms with Crippen LogP contribution in [0.1, 0.15) is 6.92 Å². The Labute approximate surface area is 74.5 Å². The molecule has 0 saturated carbocycles. The number of nitrogens with one attached hydrogen (secondary N) is 2. The molecule has 1 aromatic heterocycles. The van der Waals surface area contributed by atoms with Crippen molar-refractivity contribution in [1.29, 1.82) is 0 Å². The summed E-state index contributed by atoms with van der Waals surface area (Å²) in [6.45, 7) is 2.25. The molecule has 0 radical (unpaired) electrons. The van der Waals surface area contributed by atoms with E-state index >= 15 is 0 Å². The van der Waals surface area contributed by atoms with E-state index in [1.165, 1.54) is 11.3 Å². The van der Waals surface area contributed by atoms with Gasteiger partial charge in [0, 0.05) is 5.38 Å². The molecule has 2 N–H and O–H groups in total. The third-order valence-corrected chi connectivity index (χ3v) is 1.77. The summed E-state index contributed by atoms with van der Waals surface area (Å²) >= 11 is 1.52. The standard InChI is InChI=1S/C7H10N2O2S/c1-2-11-9-7(10)8-6-3-4-12-5-6/h3-5H,2H2,1H3,(H2,8,9,10). The summed E-state index contributed by atoms with van der Waals surface area (Å²) < 4.78 is 0. The Morgan fingerprint density at radius 3 is 3.17 bits per heavy atom. The lowest BCUT2D eigenvalue weighted by molar-refractivity contribution is 0.0758. The van der Waals surface area contributed by atoms with Crippen LogP contribution in [-0.4, -0.2) is 12.6 Å². The maximum atomic E-state index is 10.9. The highest BCUT2D eigenvalue weighted by Gasteiger charge is 1.99. The van der Waals surface area contributed by atoms with Crippen molar-refractivity contribution in [2.45, 2.75) is 6.92 Å². The summed E-state index contributed by atoms with van der Waals surface area (Å²) in [4.78, 5) is 15.6. The number of hydrogen-bond acceptors (Lipinski definition) is 3. The van der Waals surface area contributed by atoms with Gasteiger partial charge >= 0.3 is 6.03 Å². The number of hydroxylamine groups is 1. The van der Waals surface area contributed by atoms with Gasteiger partial charge in [-0.2, -0.15) is 11.3 Å². The second-order valence-corrected chi connectivity index (χ2v) is 2.78. The Morgan fingerprint density at radius 1 is 1.75 bits per heavy atom. The van der Waals surface area contributed by atoms with Crippen molar-refractivity contribution in [1.82, 2.24) is 5.48 Å². The number of amides is 2. The van der Waals surface area contributed by atoms with Crippen LogP contribution in [0.2, 0.25) is 0 Å². The zero-order chi connectivity index (χ0) is 8.81. The molecule has 0 unspecified atom stereocenters. The van der Waals surface area contributed by atoms with Crippen molar-refractivity contribution in [2.75, 3.05) is 11.9 Å². The quantitative estimate of drug-likeness (QED) is 0.707. The largest absolute Gasteiger partial charge is 0.343 e. The van der Waals surface area contributed by atoms with Gasteiger partial charge in [0.05, 0.1) is 12.3 Å². The number of urea groups is 1. The van der Waals surface area contributed by atoms with E-state index in [2.05, 4.69) is 15.6 Å². The van der Waals surface area contributed by atoms with Gasteiger partial charge in [-0.25, -0.2) is 10.3 Å². The van der Waals surface area contributed by atoms with Gasteiger partial charge in [-0.15, -0.1) is 0 Å². The zero-order valence-corrected chi connectivity index (χ0v) is 7.48. The monoisotopic (exact) mass is 186 g/mol. The molecule has 0 bridgehead atoms. The Balaban J connectivity index is 2.27. The summed E-state index contributed by atoms with van der Waals surface area (Å²) in [5.41, 5.74) is 3.00. The van der Waals surface area contributed by atoms with Crippen LogP contribution in [0, 0.1) is 0 Å². The number of anilines is 1. The highest BCUT2D eigenvalue weighted by molar-refractivity contribution is 7.08. The molecule has 1 rings (SSSR count). The van der Waals surface area contributed by atoms with E-state index in [-0.39, 0.29) is 6.03 Å². The third-order valence-electron chi connectivity index (χ3n) is 1.09. The van der Waals surface area contributed by atoms with Crippen LogP contribution in [-0.2, 0) is 4.84 Å². The summed E-state index contributed by atoms with van der Waals surface area (Å²) in [7, 11) is 0. The fourth-order valence-electron chi connectivity index (χ4n) is 0.630. The van der Waals surface area contributed by atoms with Gasteiger partial charge in [0.15, 0.2) is 0 Å². The van der Waals surface area contributed by atoms with Crippen LogP contribution in [0.5, 0.6) is 0 Å². The molecule has 1 heterocycles. The lowest BCUT2D eigenvalue weighted by Gasteiger charge is -2.03. The zero-order valence-electron chi connectivity index (χ0n) is 6.66. The van der Waals surface area contributed by atoms with Crippen LogP contribution in [0.3, 0.4) is 0 Å². The molecule has 66 valence electrons. The molecular formula is C7H10N2O2S. The van der Waals surface area contributed by atoms with Gasteiger partial charge in [0.25, 0.3) is 0 Å². The molecule has 0 aromatic carbocycles. The Bertz CT molecular complexity index is 236. The topological polar surface area (TPSA) is 50.4 Å². The maximum absolute atomic E-state index is 10.9. The fourth-order valence-corrected chi connectivity index (χ4v) is 1.22. The molecule has 0 fully saturated rings. The summed E-state index contributed by atoms with van der Waals surface area (Å²) in [6, 6.07) is 1.46. The molecule has 0 aliphatic rings. The molecule has 12 heavy (non-hydrogen) atoms. The first-order chi connectivity index (χ1) is 5.83. The minimum Gasteiger partial charge on any atom is -0.305 e. The molecule has 0 aliphatic heterocycles. The van der Waals surface area contributed by atoms with E-state index in [4.69, 9.17) is 0 Å². The molecule has 0 aliphatic carbocycles.